The van der Waals surface area contributed by atoms with Crippen LogP contribution in [0.1, 0.15) is 31.9 Å². The molecule has 2 aliphatic rings. The van der Waals surface area contributed by atoms with E-state index in [1.54, 1.807) is 4.90 Å². The summed E-state index contributed by atoms with van der Waals surface area (Å²) in [7, 11) is 0. The molecule has 2 fully saturated rings. The molecule has 22 heavy (non-hydrogen) atoms. The zero-order valence-corrected chi connectivity index (χ0v) is 12.5. The summed E-state index contributed by atoms with van der Waals surface area (Å²) in [6.45, 7) is 6.17. The zero-order valence-electron chi connectivity index (χ0n) is 12.5. The molecule has 1 aromatic carbocycles. The van der Waals surface area contributed by atoms with Crippen molar-refractivity contribution in [1.82, 2.24) is 4.90 Å². The van der Waals surface area contributed by atoms with Crippen molar-refractivity contribution in [3.63, 3.8) is 0 Å². The number of carbonyl (C=O) groups excluding carboxylic acids is 1. The van der Waals surface area contributed by atoms with Crippen molar-refractivity contribution in [1.29, 1.82) is 0 Å². The molecule has 1 atom stereocenters. The lowest BCUT2D eigenvalue weighted by molar-refractivity contribution is -0.137. The minimum absolute atomic E-state index is 0.0314. The number of carbonyl (C=O) groups is 1. The fourth-order valence-electron chi connectivity index (χ4n) is 2.96. The van der Waals surface area contributed by atoms with Gasteiger partial charge in [-0.25, -0.2) is 4.79 Å². The largest absolute Gasteiger partial charge is 0.448 e. The number of rotatable bonds is 1. The normalized spacial score (nSPS) is 25.5. The fraction of sp³-hybridized carbons (Fsp3) is 0.438. The van der Waals surface area contributed by atoms with Gasteiger partial charge in [0.1, 0.15) is 6.61 Å². The van der Waals surface area contributed by atoms with Crippen molar-refractivity contribution in [2.24, 2.45) is 5.41 Å². The molecule has 1 aromatic rings. The molecule has 2 heterocycles. The summed E-state index contributed by atoms with van der Waals surface area (Å²) in [6, 6.07) is 4.97. The highest BCUT2D eigenvalue weighted by molar-refractivity contribution is 5.85. The van der Waals surface area contributed by atoms with Gasteiger partial charge in [0.05, 0.1) is 17.3 Å². The van der Waals surface area contributed by atoms with Gasteiger partial charge in [-0.2, -0.15) is 13.2 Å². The Bertz CT molecular complexity index is 659. The number of alkyl halides is 3. The molecule has 0 spiro atoms. The van der Waals surface area contributed by atoms with Crippen LogP contribution in [0.2, 0.25) is 0 Å². The van der Waals surface area contributed by atoms with E-state index < -0.39 is 11.7 Å². The Morgan fingerprint density at radius 1 is 1.27 bits per heavy atom. The summed E-state index contributed by atoms with van der Waals surface area (Å²) in [5.74, 6) is 0. The van der Waals surface area contributed by atoms with Crippen molar-refractivity contribution in [3.8, 4) is 0 Å². The first-order chi connectivity index (χ1) is 10.1. The van der Waals surface area contributed by atoms with Crippen LogP contribution >= 0.6 is 0 Å². The first-order valence-electron chi connectivity index (χ1n) is 6.97. The molecule has 0 radical (unpaired) electrons. The van der Waals surface area contributed by atoms with E-state index in [-0.39, 0.29) is 17.6 Å². The molecule has 3 rings (SSSR count). The summed E-state index contributed by atoms with van der Waals surface area (Å²) in [4.78, 5) is 13.4. The molecule has 1 amide bonds. The number of hydrogen-bond acceptors (Lipinski definition) is 2. The van der Waals surface area contributed by atoms with E-state index in [0.717, 1.165) is 23.4 Å². The second kappa shape index (κ2) is 4.51. The predicted octanol–water partition coefficient (Wildman–Crippen LogP) is 4.30. The minimum atomic E-state index is -4.34. The molecule has 0 saturated carbocycles. The van der Waals surface area contributed by atoms with Crippen molar-refractivity contribution >= 4 is 11.7 Å². The number of ether oxygens (including phenoxy) is 1. The topological polar surface area (TPSA) is 29.3 Å². The number of halogens is 3. The van der Waals surface area contributed by atoms with Gasteiger partial charge in [0.25, 0.3) is 0 Å². The van der Waals surface area contributed by atoms with E-state index in [4.69, 9.17) is 4.74 Å². The van der Waals surface area contributed by atoms with Gasteiger partial charge in [0.15, 0.2) is 0 Å². The zero-order chi connectivity index (χ0) is 16.3. The Hall–Kier alpha value is -1.98. The van der Waals surface area contributed by atoms with Gasteiger partial charge in [-0.1, -0.05) is 26.0 Å². The summed E-state index contributed by atoms with van der Waals surface area (Å²) in [5.41, 5.74) is 1.46. The molecule has 3 nitrogen and oxygen atoms in total. The molecule has 0 aromatic heterocycles. The Labute approximate surface area is 126 Å². The minimum Gasteiger partial charge on any atom is -0.448 e. The van der Waals surface area contributed by atoms with E-state index in [2.05, 4.69) is 0 Å². The molecule has 2 aliphatic heterocycles. The van der Waals surface area contributed by atoms with Crippen LogP contribution < -0.4 is 0 Å². The molecule has 0 bridgehead atoms. The highest BCUT2D eigenvalue weighted by Gasteiger charge is 2.59. The number of hydrogen-bond donors (Lipinski definition) is 0. The highest BCUT2D eigenvalue weighted by atomic mass is 19.4. The first-order valence-corrected chi connectivity index (χ1v) is 6.97. The third-order valence-corrected chi connectivity index (χ3v) is 4.24. The standard InChI is InChI=1S/C16H16F3NO2/c1-9(10-4-6-11(7-5-10)16(17,18)19)12-13-15(2,3)8-22-14(21)20(12)13/h4-7,13H,8H2,1-3H3. The smallest absolute Gasteiger partial charge is 0.416 e. The second-order valence-corrected chi connectivity index (χ2v) is 6.40. The molecular weight excluding hydrogens is 295 g/mol. The van der Waals surface area contributed by atoms with E-state index in [9.17, 15) is 18.0 Å². The summed E-state index contributed by atoms with van der Waals surface area (Å²) in [6.07, 6.45) is -4.73. The predicted molar refractivity (Wildman–Crippen MR) is 74.8 cm³/mol. The maximum Gasteiger partial charge on any atom is 0.416 e. The monoisotopic (exact) mass is 311 g/mol. The van der Waals surface area contributed by atoms with Gasteiger partial charge in [-0.3, -0.25) is 4.90 Å². The Balaban J connectivity index is 1.94. The maximum absolute atomic E-state index is 12.6. The summed E-state index contributed by atoms with van der Waals surface area (Å²) in [5, 5.41) is 0. The van der Waals surface area contributed by atoms with Crippen molar-refractivity contribution in [2.75, 3.05) is 6.61 Å². The van der Waals surface area contributed by atoms with Crippen LogP contribution in [0.25, 0.3) is 5.57 Å². The Morgan fingerprint density at radius 3 is 2.36 bits per heavy atom. The third kappa shape index (κ3) is 2.26. The number of amides is 1. The van der Waals surface area contributed by atoms with Gasteiger partial charge in [-0.05, 0) is 30.2 Å². The van der Waals surface area contributed by atoms with Gasteiger partial charge < -0.3 is 4.74 Å². The van der Waals surface area contributed by atoms with Crippen molar-refractivity contribution in [2.45, 2.75) is 33.0 Å². The highest BCUT2D eigenvalue weighted by Crippen LogP contribution is 2.51. The Kier molecular flexibility index (Phi) is 3.06. The number of allylic oxidation sites excluding steroid dienone is 1. The maximum atomic E-state index is 12.6. The van der Waals surface area contributed by atoms with Crippen LogP contribution in [0.4, 0.5) is 18.0 Å². The van der Waals surface area contributed by atoms with Gasteiger partial charge in [0, 0.05) is 5.41 Å². The molecule has 0 aliphatic carbocycles. The first kappa shape index (κ1) is 14.9. The van der Waals surface area contributed by atoms with Crippen LogP contribution in [-0.2, 0) is 10.9 Å². The molecule has 1 unspecified atom stereocenters. The van der Waals surface area contributed by atoms with Gasteiger partial charge in [0.2, 0.25) is 0 Å². The summed E-state index contributed by atoms with van der Waals surface area (Å²) >= 11 is 0. The number of benzene rings is 1. The van der Waals surface area contributed by atoms with E-state index >= 15 is 0 Å². The van der Waals surface area contributed by atoms with Gasteiger partial charge in [-0.15, -0.1) is 0 Å². The molecule has 118 valence electrons. The number of cyclic esters (lactones) is 1. The lowest BCUT2D eigenvalue weighted by atomic mass is 9.87. The number of fused-ring (bicyclic) bond motifs is 1. The molecule has 6 heteroatoms. The van der Waals surface area contributed by atoms with Crippen LogP contribution in [0.15, 0.2) is 30.0 Å². The molecule has 0 N–H and O–H groups in total. The number of nitrogens with zero attached hydrogens (tertiary/aromatic N) is 1. The van der Waals surface area contributed by atoms with Gasteiger partial charge >= 0.3 is 12.3 Å². The van der Waals surface area contributed by atoms with Crippen LogP contribution in [0.5, 0.6) is 0 Å². The SMILES string of the molecule is CC(=C1C2N1C(=O)OCC2(C)C)c1ccc(C(F)(F)F)cc1. The van der Waals surface area contributed by atoms with E-state index in [1.165, 1.54) is 12.1 Å². The van der Waals surface area contributed by atoms with Crippen molar-refractivity contribution < 1.29 is 22.7 Å². The van der Waals surface area contributed by atoms with E-state index in [0.29, 0.717) is 12.2 Å². The molecular formula is C16H16F3NO2. The Morgan fingerprint density at radius 2 is 1.86 bits per heavy atom. The lowest BCUT2D eigenvalue weighted by Gasteiger charge is -2.27. The van der Waals surface area contributed by atoms with Crippen LogP contribution in [0, 0.1) is 5.41 Å². The average molecular weight is 311 g/mol. The van der Waals surface area contributed by atoms with E-state index in [1.807, 2.05) is 20.8 Å². The van der Waals surface area contributed by atoms with Crippen LogP contribution in [-0.4, -0.2) is 23.6 Å². The lowest BCUT2D eigenvalue weighted by Crippen LogP contribution is -2.37. The third-order valence-electron chi connectivity index (χ3n) is 4.24. The second-order valence-electron chi connectivity index (χ2n) is 6.40. The van der Waals surface area contributed by atoms with Crippen LogP contribution in [0.3, 0.4) is 0 Å². The van der Waals surface area contributed by atoms with Crippen molar-refractivity contribution in [3.05, 3.63) is 41.1 Å². The quantitative estimate of drug-likeness (QED) is 0.724. The molecule has 2 saturated heterocycles. The summed E-state index contributed by atoms with van der Waals surface area (Å²) < 4.78 is 42.9. The fourth-order valence-corrected chi connectivity index (χ4v) is 2.96. The average Bonchev–Trinajstić information content (AvgIpc) is 3.19.